The minimum atomic E-state index is 0.620. The highest BCUT2D eigenvalue weighted by Gasteiger charge is 2.24. The van der Waals surface area contributed by atoms with Crippen LogP contribution in [0.4, 0.5) is 0 Å². The molecule has 0 unspecified atom stereocenters. The molecule has 7 nitrogen and oxygen atoms in total. The number of imidazole rings is 2. The number of hydrogen-bond acceptors (Lipinski definition) is 4. The Morgan fingerprint density at radius 1 is 1.29 bits per heavy atom. The van der Waals surface area contributed by atoms with Gasteiger partial charge in [-0.3, -0.25) is 0 Å². The third-order valence-corrected chi connectivity index (χ3v) is 4.74. The first-order chi connectivity index (χ1) is 11.7. The van der Waals surface area contributed by atoms with Gasteiger partial charge in [-0.05, 0) is 25.1 Å². The lowest BCUT2D eigenvalue weighted by molar-refractivity contribution is 0.675. The molecule has 0 bridgehead atoms. The summed E-state index contributed by atoms with van der Waals surface area (Å²) in [5.74, 6) is 1.47. The van der Waals surface area contributed by atoms with Gasteiger partial charge < -0.3 is 9.55 Å². The first-order valence-corrected chi connectivity index (χ1v) is 8.27. The molecule has 0 amide bonds. The van der Waals surface area contributed by atoms with E-state index < -0.39 is 0 Å². The van der Waals surface area contributed by atoms with Gasteiger partial charge >= 0.3 is 0 Å². The second kappa shape index (κ2) is 4.88. The molecule has 0 radical (unpaired) electrons. The predicted molar refractivity (Wildman–Crippen MR) is 91.7 cm³/mol. The summed E-state index contributed by atoms with van der Waals surface area (Å²) in [6, 6.07) is 6.17. The van der Waals surface area contributed by atoms with E-state index >= 15 is 0 Å². The zero-order valence-electron chi connectivity index (χ0n) is 12.7. The average Bonchev–Trinajstić information content (AvgIpc) is 3.28. The fraction of sp³-hybridized carbons (Fsp3) is 0.125. The van der Waals surface area contributed by atoms with E-state index in [9.17, 15) is 0 Å². The lowest BCUT2D eigenvalue weighted by Crippen LogP contribution is -2.05. The number of H-pyrrole nitrogens is 1. The van der Waals surface area contributed by atoms with Gasteiger partial charge in [-0.25, -0.2) is 19.6 Å². The van der Waals surface area contributed by atoms with Gasteiger partial charge in [0.15, 0.2) is 11.6 Å². The zero-order valence-corrected chi connectivity index (χ0v) is 14.3. The highest BCUT2D eigenvalue weighted by Crippen LogP contribution is 2.34. The normalized spacial score (nSPS) is 12.4. The molecule has 0 atom stereocenters. The number of rotatable bonds is 1. The zero-order chi connectivity index (χ0) is 16.3. The Labute approximate surface area is 145 Å². The molecule has 1 aliphatic rings. The molecular formula is C16H12BrN7. The smallest absolute Gasteiger partial charge is 0.199 e. The van der Waals surface area contributed by atoms with Crippen molar-refractivity contribution < 1.29 is 0 Å². The molecule has 4 heterocycles. The summed E-state index contributed by atoms with van der Waals surface area (Å²) in [7, 11) is 0. The number of aryl methyl sites for hydroxylation is 1. The Hall–Kier alpha value is -2.74. The lowest BCUT2D eigenvalue weighted by Gasteiger charge is -2.08. The number of nitrogens with one attached hydrogen (secondary N) is 1. The van der Waals surface area contributed by atoms with Crippen LogP contribution < -0.4 is 0 Å². The Balaban J connectivity index is 1.81. The van der Waals surface area contributed by atoms with Crippen LogP contribution in [0.1, 0.15) is 11.4 Å². The van der Waals surface area contributed by atoms with E-state index in [1.165, 1.54) is 0 Å². The van der Waals surface area contributed by atoms with Crippen LogP contribution in [0.25, 0.3) is 28.6 Å². The lowest BCUT2D eigenvalue weighted by atomic mass is 10.1. The first kappa shape index (κ1) is 13.7. The quantitative estimate of drug-likeness (QED) is 0.484. The van der Waals surface area contributed by atoms with Gasteiger partial charge in [0.1, 0.15) is 5.69 Å². The summed E-state index contributed by atoms with van der Waals surface area (Å²) in [6.45, 7) is 2.64. The molecule has 3 aromatic heterocycles. The summed E-state index contributed by atoms with van der Waals surface area (Å²) in [5.41, 5.74) is 4.97. The van der Waals surface area contributed by atoms with Crippen LogP contribution in [0, 0.1) is 6.92 Å². The SMILES string of the molecule is Cc1ncn2c1Cn1nc(-c3cnc[nH]3)nc1-c1cc(Br)ccc1-2. The van der Waals surface area contributed by atoms with Crippen molar-refractivity contribution in [3.05, 3.63) is 52.9 Å². The monoisotopic (exact) mass is 381 g/mol. The molecule has 0 fully saturated rings. The number of fused-ring (bicyclic) bond motifs is 5. The van der Waals surface area contributed by atoms with Crippen LogP contribution in [-0.4, -0.2) is 34.3 Å². The molecule has 1 aliphatic heterocycles. The van der Waals surface area contributed by atoms with Crippen LogP contribution in [0.3, 0.4) is 0 Å². The molecule has 0 aliphatic carbocycles. The molecule has 0 saturated heterocycles. The predicted octanol–water partition coefficient (Wildman–Crippen LogP) is 2.95. The van der Waals surface area contributed by atoms with Crippen molar-refractivity contribution in [2.24, 2.45) is 0 Å². The molecule has 5 rings (SSSR count). The summed E-state index contributed by atoms with van der Waals surface area (Å²) < 4.78 is 5.04. The van der Waals surface area contributed by atoms with Gasteiger partial charge in [0, 0.05) is 10.0 Å². The molecule has 1 aromatic carbocycles. The van der Waals surface area contributed by atoms with Crippen LogP contribution in [0.15, 0.2) is 41.5 Å². The maximum absolute atomic E-state index is 4.75. The summed E-state index contributed by atoms with van der Waals surface area (Å²) in [4.78, 5) is 16.3. The number of aromatic nitrogens is 7. The minimum Gasteiger partial charge on any atom is -0.342 e. The fourth-order valence-electron chi connectivity index (χ4n) is 3.04. The summed E-state index contributed by atoms with van der Waals surface area (Å²) >= 11 is 3.56. The van der Waals surface area contributed by atoms with E-state index in [0.29, 0.717) is 12.4 Å². The van der Waals surface area contributed by atoms with Gasteiger partial charge in [0.25, 0.3) is 0 Å². The summed E-state index contributed by atoms with van der Waals surface area (Å²) in [6.07, 6.45) is 5.22. The number of aromatic amines is 1. The van der Waals surface area contributed by atoms with Crippen molar-refractivity contribution >= 4 is 15.9 Å². The number of halogens is 1. The average molecular weight is 382 g/mol. The van der Waals surface area contributed by atoms with Crippen LogP contribution in [0.5, 0.6) is 0 Å². The maximum atomic E-state index is 4.75. The topological polar surface area (TPSA) is 77.2 Å². The van der Waals surface area contributed by atoms with Gasteiger partial charge in [-0.1, -0.05) is 15.9 Å². The van der Waals surface area contributed by atoms with E-state index in [1.54, 1.807) is 12.5 Å². The van der Waals surface area contributed by atoms with E-state index in [0.717, 1.165) is 38.6 Å². The van der Waals surface area contributed by atoms with Crippen LogP contribution in [-0.2, 0) is 6.54 Å². The fourth-order valence-corrected chi connectivity index (χ4v) is 3.41. The molecule has 1 N–H and O–H groups in total. The third-order valence-electron chi connectivity index (χ3n) is 4.24. The number of nitrogens with zero attached hydrogens (tertiary/aromatic N) is 6. The van der Waals surface area contributed by atoms with E-state index in [2.05, 4.69) is 52.7 Å². The maximum Gasteiger partial charge on any atom is 0.199 e. The molecular weight excluding hydrogens is 370 g/mol. The Bertz CT molecular complexity index is 1060. The molecule has 118 valence electrons. The number of benzene rings is 1. The van der Waals surface area contributed by atoms with Crippen molar-refractivity contribution in [1.82, 2.24) is 34.3 Å². The second-order valence-corrected chi connectivity index (χ2v) is 6.61. The van der Waals surface area contributed by atoms with Crippen molar-refractivity contribution in [3.63, 3.8) is 0 Å². The van der Waals surface area contributed by atoms with Crippen molar-refractivity contribution in [1.29, 1.82) is 0 Å². The van der Waals surface area contributed by atoms with Gasteiger partial charge in [0.05, 0.1) is 42.5 Å². The van der Waals surface area contributed by atoms with Crippen molar-refractivity contribution in [2.75, 3.05) is 0 Å². The standard InChI is InChI=1S/C16H12BrN7/c1-9-14-6-24-16(21-15(22-24)12-5-18-7-19-12)11-4-10(17)2-3-13(11)23(14)8-20-9/h2-5,7-8H,6H2,1H3,(H,18,19). The largest absolute Gasteiger partial charge is 0.342 e. The molecule has 24 heavy (non-hydrogen) atoms. The van der Waals surface area contributed by atoms with Crippen LogP contribution in [0.2, 0.25) is 0 Å². The van der Waals surface area contributed by atoms with Crippen molar-refractivity contribution in [3.8, 4) is 28.6 Å². The first-order valence-electron chi connectivity index (χ1n) is 7.47. The van der Waals surface area contributed by atoms with Crippen molar-refractivity contribution in [2.45, 2.75) is 13.5 Å². The number of hydrogen-bond donors (Lipinski definition) is 1. The Kier molecular flexibility index (Phi) is 2.78. The van der Waals surface area contributed by atoms with E-state index in [-0.39, 0.29) is 0 Å². The van der Waals surface area contributed by atoms with Crippen LogP contribution >= 0.6 is 15.9 Å². The molecule has 0 spiro atoms. The summed E-state index contributed by atoms with van der Waals surface area (Å²) in [5, 5.41) is 4.68. The van der Waals surface area contributed by atoms with Gasteiger partial charge in [0.2, 0.25) is 0 Å². The highest BCUT2D eigenvalue weighted by molar-refractivity contribution is 9.10. The Morgan fingerprint density at radius 3 is 3.04 bits per heavy atom. The van der Waals surface area contributed by atoms with Gasteiger partial charge in [-0.15, -0.1) is 5.10 Å². The van der Waals surface area contributed by atoms with Gasteiger partial charge in [-0.2, -0.15) is 0 Å². The highest BCUT2D eigenvalue weighted by atomic mass is 79.9. The molecule has 8 heteroatoms. The third kappa shape index (κ3) is 1.89. The second-order valence-electron chi connectivity index (χ2n) is 5.69. The molecule has 0 saturated carbocycles. The van der Waals surface area contributed by atoms with E-state index in [1.807, 2.05) is 24.0 Å². The van der Waals surface area contributed by atoms with E-state index in [4.69, 9.17) is 4.98 Å². The minimum absolute atomic E-state index is 0.620. The molecule has 4 aromatic rings. The Morgan fingerprint density at radius 2 is 2.21 bits per heavy atom.